The summed E-state index contributed by atoms with van der Waals surface area (Å²) in [7, 11) is 0. The third kappa shape index (κ3) is 3.27. The molecule has 1 spiro atoms. The van der Waals surface area contributed by atoms with Gasteiger partial charge in [0.1, 0.15) is 5.65 Å². The molecule has 2 aliphatic heterocycles. The molecule has 0 bridgehead atoms. The lowest BCUT2D eigenvalue weighted by atomic mass is 9.78. The van der Waals surface area contributed by atoms with Crippen molar-refractivity contribution in [2.24, 2.45) is 5.41 Å². The highest BCUT2D eigenvalue weighted by Gasteiger charge is 2.47. The average molecular weight is 368 g/mol. The first kappa shape index (κ1) is 18.2. The van der Waals surface area contributed by atoms with Crippen LogP contribution in [-0.2, 0) is 11.3 Å². The van der Waals surface area contributed by atoms with E-state index in [1.807, 2.05) is 25.1 Å². The number of carbonyl (C=O) groups excluding carboxylic acids is 1. The number of pyridine rings is 1. The van der Waals surface area contributed by atoms with Gasteiger partial charge in [-0.15, -0.1) is 0 Å². The minimum Gasteiger partial charge on any atom is -0.342 e. The van der Waals surface area contributed by atoms with Gasteiger partial charge in [-0.2, -0.15) is 0 Å². The zero-order valence-corrected chi connectivity index (χ0v) is 16.3. The van der Waals surface area contributed by atoms with Crippen molar-refractivity contribution in [3.63, 3.8) is 0 Å². The molecule has 1 atom stereocenters. The SMILES string of the molecule is CCCN1CCC[C@@]2(CCN(Cc3cc(=O)n4c(C)cccc4n3)C2)C1=O. The molecule has 0 saturated carbocycles. The summed E-state index contributed by atoms with van der Waals surface area (Å²) in [5.74, 6) is 0.334. The fourth-order valence-electron chi connectivity index (χ4n) is 4.78. The lowest BCUT2D eigenvalue weighted by Gasteiger charge is -2.39. The Balaban J connectivity index is 1.53. The highest BCUT2D eigenvalue weighted by Crippen LogP contribution is 2.40. The number of hydrogen-bond donors (Lipinski definition) is 0. The predicted octanol–water partition coefficient (Wildman–Crippen LogP) is 2.23. The molecular weight excluding hydrogens is 340 g/mol. The summed E-state index contributed by atoms with van der Waals surface area (Å²) in [6, 6.07) is 7.35. The van der Waals surface area contributed by atoms with E-state index in [0.29, 0.717) is 18.1 Å². The first-order chi connectivity index (χ1) is 13.0. The van der Waals surface area contributed by atoms with E-state index in [2.05, 4.69) is 21.7 Å². The zero-order chi connectivity index (χ0) is 19.0. The van der Waals surface area contributed by atoms with Crippen LogP contribution in [0, 0.1) is 12.3 Å². The Bertz CT molecular complexity index is 920. The molecule has 0 unspecified atom stereocenters. The van der Waals surface area contributed by atoms with Crippen LogP contribution in [0.15, 0.2) is 29.1 Å². The molecule has 6 heteroatoms. The molecule has 1 amide bonds. The highest BCUT2D eigenvalue weighted by molar-refractivity contribution is 5.84. The second-order valence-corrected chi connectivity index (χ2v) is 8.08. The number of aryl methyl sites for hydroxylation is 1. The molecule has 0 aliphatic carbocycles. The Labute approximate surface area is 159 Å². The minimum absolute atomic E-state index is 0.0372. The summed E-state index contributed by atoms with van der Waals surface area (Å²) in [6.07, 6.45) is 4.00. The molecule has 2 saturated heterocycles. The molecule has 2 fully saturated rings. The van der Waals surface area contributed by atoms with Crippen molar-refractivity contribution in [1.29, 1.82) is 0 Å². The summed E-state index contributed by atoms with van der Waals surface area (Å²) in [4.78, 5) is 34.6. The molecule has 0 aromatic carbocycles. The smallest absolute Gasteiger partial charge is 0.258 e. The minimum atomic E-state index is -0.226. The fourth-order valence-corrected chi connectivity index (χ4v) is 4.78. The maximum Gasteiger partial charge on any atom is 0.258 e. The van der Waals surface area contributed by atoms with E-state index in [-0.39, 0.29) is 11.0 Å². The maximum absolute atomic E-state index is 13.0. The Morgan fingerprint density at radius 1 is 1.19 bits per heavy atom. The van der Waals surface area contributed by atoms with Crippen molar-refractivity contribution in [1.82, 2.24) is 19.2 Å². The zero-order valence-electron chi connectivity index (χ0n) is 16.3. The second-order valence-electron chi connectivity index (χ2n) is 8.08. The predicted molar refractivity (Wildman–Crippen MR) is 105 cm³/mol. The van der Waals surface area contributed by atoms with Gasteiger partial charge < -0.3 is 4.90 Å². The molecule has 4 rings (SSSR count). The van der Waals surface area contributed by atoms with Gasteiger partial charge in [-0.1, -0.05) is 13.0 Å². The van der Waals surface area contributed by atoms with Crippen LogP contribution in [0.3, 0.4) is 0 Å². The van der Waals surface area contributed by atoms with Crippen molar-refractivity contribution in [2.45, 2.75) is 46.1 Å². The van der Waals surface area contributed by atoms with E-state index >= 15 is 0 Å². The third-order valence-corrected chi connectivity index (χ3v) is 6.07. The van der Waals surface area contributed by atoms with E-state index < -0.39 is 0 Å². The summed E-state index contributed by atoms with van der Waals surface area (Å²) in [5, 5.41) is 0. The number of carbonyl (C=O) groups is 1. The van der Waals surface area contributed by atoms with Crippen LogP contribution in [0.25, 0.3) is 5.65 Å². The van der Waals surface area contributed by atoms with Gasteiger partial charge in [0.2, 0.25) is 5.91 Å². The van der Waals surface area contributed by atoms with Gasteiger partial charge in [-0.3, -0.25) is 18.9 Å². The lowest BCUT2D eigenvalue weighted by Crippen LogP contribution is -2.50. The number of hydrogen-bond acceptors (Lipinski definition) is 4. The Morgan fingerprint density at radius 2 is 2.04 bits per heavy atom. The van der Waals surface area contributed by atoms with E-state index in [4.69, 9.17) is 0 Å². The molecule has 0 radical (unpaired) electrons. The molecule has 144 valence electrons. The molecule has 27 heavy (non-hydrogen) atoms. The van der Waals surface area contributed by atoms with Crippen LogP contribution in [0.5, 0.6) is 0 Å². The Morgan fingerprint density at radius 3 is 2.85 bits per heavy atom. The first-order valence-corrected chi connectivity index (χ1v) is 10.0. The van der Waals surface area contributed by atoms with Gasteiger partial charge in [-0.25, -0.2) is 4.98 Å². The second kappa shape index (κ2) is 7.08. The molecule has 2 aromatic heterocycles. The van der Waals surface area contributed by atoms with E-state index in [1.54, 1.807) is 10.5 Å². The number of nitrogens with zero attached hydrogens (tertiary/aromatic N) is 4. The maximum atomic E-state index is 13.0. The first-order valence-electron chi connectivity index (χ1n) is 10.0. The summed E-state index contributed by atoms with van der Waals surface area (Å²) < 4.78 is 1.64. The van der Waals surface area contributed by atoms with Gasteiger partial charge in [0, 0.05) is 37.9 Å². The standard InChI is InChI=1S/C21H28N4O2/c1-3-10-24-11-5-8-21(20(24)27)9-12-23(15-21)14-17-13-19(26)25-16(2)6-4-7-18(25)22-17/h4,6-7,13H,3,5,8-12,14-15H2,1-2H3/t21-/m0/s1. The average Bonchev–Trinajstić information content (AvgIpc) is 3.02. The van der Waals surface area contributed by atoms with Gasteiger partial charge >= 0.3 is 0 Å². The van der Waals surface area contributed by atoms with Crippen molar-refractivity contribution >= 4 is 11.6 Å². The summed E-state index contributed by atoms with van der Waals surface area (Å²) in [6.45, 7) is 8.10. The molecule has 6 nitrogen and oxygen atoms in total. The number of amides is 1. The van der Waals surface area contributed by atoms with Crippen LogP contribution in [-0.4, -0.2) is 51.3 Å². The monoisotopic (exact) mass is 368 g/mol. The number of rotatable bonds is 4. The van der Waals surface area contributed by atoms with E-state index in [9.17, 15) is 9.59 Å². The fraction of sp³-hybridized carbons (Fsp3) is 0.571. The van der Waals surface area contributed by atoms with Crippen LogP contribution < -0.4 is 5.56 Å². The van der Waals surface area contributed by atoms with Crippen molar-refractivity contribution in [3.05, 3.63) is 46.0 Å². The van der Waals surface area contributed by atoms with Crippen LogP contribution in [0.2, 0.25) is 0 Å². The molecule has 2 aliphatic rings. The summed E-state index contributed by atoms with van der Waals surface area (Å²) >= 11 is 0. The van der Waals surface area contributed by atoms with E-state index in [1.165, 1.54) is 0 Å². The van der Waals surface area contributed by atoms with Gasteiger partial charge in [0.05, 0.1) is 11.1 Å². The number of fused-ring (bicyclic) bond motifs is 1. The number of likely N-dealkylation sites (tertiary alicyclic amines) is 2. The molecule has 4 heterocycles. The van der Waals surface area contributed by atoms with Crippen LogP contribution in [0.4, 0.5) is 0 Å². The Hall–Kier alpha value is -2.21. The highest BCUT2D eigenvalue weighted by atomic mass is 16.2. The van der Waals surface area contributed by atoms with E-state index in [0.717, 1.165) is 63.3 Å². The number of piperidine rings is 1. The third-order valence-electron chi connectivity index (χ3n) is 6.07. The quantitative estimate of drug-likeness (QED) is 0.830. The van der Waals surface area contributed by atoms with Gasteiger partial charge in [0.15, 0.2) is 0 Å². The normalized spacial score (nSPS) is 23.6. The van der Waals surface area contributed by atoms with Crippen molar-refractivity contribution in [3.8, 4) is 0 Å². The Kier molecular flexibility index (Phi) is 4.76. The number of aromatic nitrogens is 2. The van der Waals surface area contributed by atoms with Crippen LogP contribution in [0.1, 0.15) is 44.0 Å². The largest absolute Gasteiger partial charge is 0.342 e. The van der Waals surface area contributed by atoms with Crippen molar-refractivity contribution < 1.29 is 4.79 Å². The molecule has 2 aromatic rings. The lowest BCUT2D eigenvalue weighted by molar-refractivity contribution is -0.145. The molecular formula is C21H28N4O2. The van der Waals surface area contributed by atoms with Crippen LogP contribution >= 0.6 is 0 Å². The summed E-state index contributed by atoms with van der Waals surface area (Å²) in [5.41, 5.74) is 2.10. The van der Waals surface area contributed by atoms with Gasteiger partial charge in [0.25, 0.3) is 5.56 Å². The van der Waals surface area contributed by atoms with Gasteiger partial charge in [-0.05, 0) is 51.3 Å². The molecule has 0 N–H and O–H groups in total. The van der Waals surface area contributed by atoms with Crippen molar-refractivity contribution in [2.75, 3.05) is 26.2 Å². The topological polar surface area (TPSA) is 57.9 Å².